The van der Waals surface area contributed by atoms with Crippen LogP contribution in [0.15, 0.2) is 36.4 Å². The Labute approximate surface area is 146 Å². The van der Waals surface area contributed by atoms with Gasteiger partial charge in [-0.2, -0.15) is 17.6 Å². The number of alkyl halides is 4. The number of benzene rings is 2. The van der Waals surface area contributed by atoms with E-state index in [0.717, 1.165) is 6.07 Å². The fourth-order valence-corrected chi connectivity index (χ4v) is 1.76. The van der Waals surface area contributed by atoms with Crippen LogP contribution < -0.4 is 15.2 Å². The van der Waals surface area contributed by atoms with Crippen LogP contribution in [0.3, 0.4) is 0 Å². The average molecular weight is 376 g/mol. The highest BCUT2D eigenvalue weighted by atomic mass is 19.3. The second-order valence-corrected chi connectivity index (χ2v) is 4.99. The van der Waals surface area contributed by atoms with Crippen molar-refractivity contribution in [2.24, 2.45) is 0 Å². The van der Waals surface area contributed by atoms with Gasteiger partial charge in [0.1, 0.15) is 11.5 Å². The van der Waals surface area contributed by atoms with E-state index in [9.17, 15) is 27.7 Å². The van der Waals surface area contributed by atoms with E-state index in [4.69, 9.17) is 5.73 Å². The Morgan fingerprint density at radius 2 is 1.38 bits per heavy atom. The summed E-state index contributed by atoms with van der Waals surface area (Å²) in [5.74, 6) is -0.0424. The summed E-state index contributed by atoms with van der Waals surface area (Å²) in [4.78, 5) is 9.64. The number of hydrogen-bond acceptors (Lipinski definition) is 5. The van der Waals surface area contributed by atoms with Crippen molar-refractivity contribution in [3.63, 3.8) is 0 Å². The molecular weight excluding hydrogens is 360 g/mol. The summed E-state index contributed by atoms with van der Waals surface area (Å²) in [5.41, 5.74) is 6.59. The number of ether oxygens (including phenoxy) is 2. The highest BCUT2D eigenvalue weighted by Gasteiger charge is 2.12. The third kappa shape index (κ3) is 6.83. The Kier molecular flexibility index (Phi) is 7.63. The zero-order valence-corrected chi connectivity index (χ0v) is 13.8. The molecule has 6 nitrogen and oxygen atoms in total. The van der Waals surface area contributed by atoms with Gasteiger partial charge < -0.3 is 15.2 Å². The molecule has 2 aromatic rings. The van der Waals surface area contributed by atoms with E-state index < -0.39 is 18.1 Å². The van der Waals surface area contributed by atoms with E-state index >= 15 is 0 Å². The Morgan fingerprint density at radius 3 is 1.85 bits per heavy atom. The van der Waals surface area contributed by atoms with Crippen molar-refractivity contribution in [3.05, 3.63) is 57.6 Å². The minimum Gasteiger partial charge on any atom is -0.434 e. The Balaban J connectivity index is 0.000000263. The molecule has 0 atom stereocenters. The standard InChI is InChI=1S/C8H7F2NO3.C8H9F2NO/c1-5-2-3-6(11(12)13)4-7(5)14-8(9)10;1-5-2-3-6(11)4-7(5)12-8(9)10/h2-4,8H,1H3;2-4,8H,11H2,1H3. The minimum absolute atomic E-state index is 0.130. The maximum Gasteiger partial charge on any atom is 0.387 e. The number of non-ortho nitro benzene ring substituents is 1. The van der Waals surface area contributed by atoms with Gasteiger partial charge in [0.15, 0.2) is 0 Å². The zero-order valence-electron chi connectivity index (χ0n) is 13.8. The van der Waals surface area contributed by atoms with Crippen molar-refractivity contribution in [1.82, 2.24) is 0 Å². The molecule has 0 aliphatic heterocycles. The molecule has 0 aliphatic rings. The van der Waals surface area contributed by atoms with Crippen molar-refractivity contribution in [2.45, 2.75) is 27.1 Å². The molecule has 2 aromatic carbocycles. The number of hydrogen-bond donors (Lipinski definition) is 1. The van der Waals surface area contributed by atoms with Crippen LogP contribution in [0.2, 0.25) is 0 Å². The van der Waals surface area contributed by atoms with Crippen LogP contribution in [0, 0.1) is 24.0 Å². The molecule has 0 unspecified atom stereocenters. The van der Waals surface area contributed by atoms with Gasteiger partial charge in [0, 0.05) is 17.8 Å². The van der Waals surface area contributed by atoms with Crippen molar-refractivity contribution < 1.29 is 32.0 Å². The molecule has 142 valence electrons. The molecule has 0 aromatic heterocycles. The molecule has 0 bridgehead atoms. The number of halogens is 4. The molecule has 2 rings (SSSR count). The quantitative estimate of drug-likeness (QED) is 0.354. The van der Waals surface area contributed by atoms with E-state index in [0.29, 0.717) is 16.8 Å². The largest absolute Gasteiger partial charge is 0.434 e. The van der Waals surface area contributed by atoms with Gasteiger partial charge in [0.25, 0.3) is 5.69 Å². The molecule has 2 N–H and O–H groups in total. The van der Waals surface area contributed by atoms with Crippen molar-refractivity contribution >= 4 is 11.4 Å². The Bertz CT molecular complexity index is 757. The van der Waals surface area contributed by atoms with E-state index in [1.807, 2.05) is 0 Å². The maximum atomic E-state index is 11.8. The fraction of sp³-hybridized carbons (Fsp3) is 0.250. The second kappa shape index (κ2) is 9.44. The predicted molar refractivity (Wildman–Crippen MR) is 86.7 cm³/mol. The monoisotopic (exact) mass is 376 g/mol. The smallest absolute Gasteiger partial charge is 0.387 e. The maximum absolute atomic E-state index is 11.8. The summed E-state index contributed by atoms with van der Waals surface area (Å²) in [5, 5.41) is 10.3. The normalized spacial score (nSPS) is 10.3. The number of nitro benzene ring substituents is 1. The summed E-state index contributed by atoms with van der Waals surface area (Å²) in [7, 11) is 0. The molecule has 0 saturated carbocycles. The SMILES string of the molecule is Cc1ccc(N)cc1OC(F)F.Cc1ccc([N+](=O)[O-])cc1OC(F)F. The van der Waals surface area contributed by atoms with Gasteiger partial charge in [-0.15, -0.1) is 0 Å². The number of nitrogens with zero attached hydrogens (tertiary/aromatic N) is 1. The molecular formula is C16H16F4N2O4. The van der Waals surface area contributed by atoms with Gasteiger partial charge in [-0.3, -0.25) is 10.1 Å². The van der Waals surface area contributed by atoms with Gasteiger partial charge in [0.2, 0.25) is 0 Å². The lowest BCUT2D eigenvalue weighted by Gasteiger charge is -2.07. The van der Waals surface area contributed by atoms with Crippen LogP contribution in [0.1, 0.15) is 11.1 Å². The first-order valence-corrected chi connectivity index (χ1v) is 7.11. The third-order valence-corrected chi connectivity index (χ3v) is 3.03. The molecule has 0 amide bonds. The van der Waals surface area contributed by atoms with Crippen molar-refractivity contribution in [2.75, 3.05) is 5.73 Å². The first-order valence-electron chi connectivity index (χ1n) is 7.11. The third-order valence-electron chi connectivity index (χ3n) is 3.03. The summed E-state index contributed by atoms with van der Waals surface area (Å²) in [6, 6.07) is 8.20. The van der Waals surface area contributed by atoms with Crippen molar-refractivity contribution in [3.8, 4) is 11.5 Å². The lowest BCUT2D eigenvalue weighted by molar-refractivity contribution is -0.385. The van der Waals surface area contributed by atoms with Gasteiger partial charge in [-0.05, 0) is 37.1 Å². The van der Waals surface area contributed by atoms with E-state index in [1.54, 1.807) is 19.1 Å². The highest BCUT2D eigenvalue weighted by Crippen LogP contribution is 2.25. The molecule has 10 heteroatoms. The van der Waals surface area contributed by atoms with Gasteiger partial charge >= 0.3 is 13.2 Å². The molecule has 0 saturated heterocycles. The van der Waals surface area contributed by atoms with Crippen LogP contribution in [-0.4, -0.2) is 18.1 Å². The van der Waals surface area contributed by atoms with E-state index in [1.165, 1.54) is 25.1 Å². The molecule has 26 heavy (non-hydrogen) atoms. The first-order chi connectivity index (χ1) is 12.1. The van der Waals surface area contributed by atoms with Crippen molar-refractivity contribution in [1.29, 1.82) is 0 Å². The lowest BCUT2D eigenvalue weighted by Crippen LogP contribution is -2.03. The number of aryl methyl sites for hydroxylation is 2. The minimum atomic E-state index is -2.98. The topological polar surface area (TPSA) is 87.6 Å². The number of nitrogens with two attached hydrogens (primary N) is 1. The van der Waals surface area contributed by atoms with Crippen LogP contribution in [0.4, 0.5) is 28.9 Å². The van der Waals surface area contributed by atoms with Crippen LogP contribution in [0.5, 0.6) is 11.5 Å². The van der Waals surface area contributed by atoms with Gasteiger partial charge in [-0.25, -0.2) is 0 Å². The summed E-state index contributed by atoms with van der Waals surface area (Å²) >= 11 is 0. The molecule has 0 heterocycles. The molecule has 0 fully saturated rings. The molecule has 0 spiro atoms. The predicted octanol–water partition coefficient (Wildman–Crippen LogP) is 4.68. The van der Waals surface area contributed by atoms with E-state index in [-0.39, 0.29) is 17.2 Å². The van der Waals surface area contributed by atoms with Crippen LogP contribution in [0.25, 0.3) is 0 Å². The summed E-state index contributed by atoms with van der Waals surface area (Å²) in [6.07, 6.45) is 0. The summed E-state index contributed by atoms with van der Waals surface area (Å²) < 4.78 is 55.5. The van der Waals surface area contributed by atoms with Crippen LogP contribution in [-0.2, 0) is 0 Å². The zero-order chi connectivity index (χ0) is 19.9. The van der Waals surface area contributed by atoms with Crippen LogP contribution >= 0.6 is 0 Å². The number of anilines is 1. The second-order valence-electron chi connectivity index (χ2n) is 4.99. The number of nitro groups is 1. The number of rotatable bonds is 5. The summed E-state index contributed by atoms with van der Waals surface area (Å²) in [6.45, 7) is -2.57. The number of nitrogen functional groups attached to an aromatic ring is 1. The fourth-order valence-electron chi connectivity index (χ4n) is 1.76. The Morgan fingerprint density at radius 1 is 0.923 bits per heavy atom. The average Bonchev–Trinajstić information content (AvgIpc) is 2.52. The van der Waals surface area contributed by atoms with Gasteiger partial charge in [-0.1, -0.05) is 6.07 Å². The van der Waals surface area contributed by atoms with Gasteiger partial charge in [0.05, 0.1) is 11.0 Å². The highest BCUT2D eigenvalue weighted by molar-refractivity contribution is 5.48. The first kappa shape index (κ1) is 21.0. The van der Waals surface area contributed by atoms with E-state index in [2.05, 4.69) is 9.47 Å². The Hall–Kier alpha value is -3.04. The lowest BCUT2D eigenvalue weighted by atomic mass is 10.2. The molecule has 0 radical (unpaired) electrons. The molecule has 0 aliphatic carbocycles.